The molecule has 3 rings (SSSR count). The number of hydrogen-bond acceptors (Lipinski definition) is 4. The van der Waals surface area contributed by atoms with Gasteiger partial charge in [-0.1, -0.05) is 24.3 Å². The lowest BCUT2D eigenvalue weighted by Crippen LogP contribution is -2.44. The van der Waals surface area contributed by atoms with Crippen LogP contribution in [0.3, 0.4) is 0 Å². The molecule has 0 atom stereocenters. The quantitative estimate of drug-likeness (QED) is 0.706. The molecule has 1 saturated heterocycles. The first kappa shape index (κ1) is 21.9. The summed E-state index contributed by atoms with van der Waals surface area (Å²) in [5.41, 5.74) is 0.835. The van der Waals surface area contributed by atoms with Gasteiger partial charge < -0.3 is 4.90 Å². The Morgan fingerprint density at radius 3 is 2.53 bits per heavy atom. The number of carbonyl (C=O) groups excluding carboxylic acids is 1. The lowest BCUT2D eigenvalue weighted by Gasteiger charge is -2.33. The van der Waals surface area contributed by atoms with Crippen LogP contribution in [0.5, 0.6) is 0 Å². The van der Waals surface area contributed by atoms with Crippen LogP contribution in [-0.2, 0) is 21.4 Å². The number of hydrogen-bond donors (Lipinski definition) is 0. The van der Waals surface area contributed by atoms with Crippen molar-refractivity contribution < 1.29 is 17.6 Å². The number of sulfonamides is 1. The minimum absolute atomic E-state index is 0.00133. The minimum Gasteiger partial charge on any atom is -0.338 e. The molecule has 1 aliphatic heterocycles. The van der Waals surface area contributed by atoms with Crippen LogP contribution in [0.15, 0.2) is 53.4 Å². The molecule has 1 amide bonds. The number of nitrogens with zero attached hydrogens (tertiary/aromatic N) is 3. The molecule has 1 aliphatic rings. The zero-order chi connectivity index (χ0) is 21.7. The standard InChI is InChI=1S/C22H24FN3O3S/c1-2-25(16-17-6-5-8-20(23)14-17)22(27)18-10-12-26(13-11-18)30(28,29)21-9-4-3-7-19(21)15-24/h3-9,14,18H,2,10-13,16H2,1H3. The lowest BCUT2D eigenvalue weighted by atomic mass is 9.96. The third-order valence-corrected chi connectivity index (χ3v) is 7.34. The molecule has 8 heteroatoms. The predicted octanol–water partition coefficient (Wildman–Crippen LogP) is 3.15. The normalized spacial score (nSPS) is 15.5. The van der Waals surface area contributed by atoms with Crippen molar-refractivity contribution in [1.29, 1.82) is 5.26 Å². The number of nitriles is 1. The Balaban J connectivity index is 1.67. The van der Waals surface area contributed by atoms with Crippen molar-refractivity contribution >= 4 is 15.9 Å². The first-order chi connectivity index (χ1) is 14.4. The molecule has 6 nitrogen and oxygen atoms in total. The van der Waals surface area contributed by atoms with Crippen LogP contribution in [0, 0.1) is 23.1 Å². The number of benzene rings is 2. The smallest absolute Gasteiger partial charge is 0.244 e. The van der Waals surface area contributed by atoms with E-state index in [1.54, 1.807) is 29.2 Å². The van der Waals surface area contributed by atoms with E-state index in [4.69, 9.17) is 0 Å². The largest absolute Gasteiger partial charge is 0.338 e. The Kier molecular flexibility index (Phi) is 6.85. The zero-order valence-electron chi connectivity index (χ0n) is 16.8. The second kappa shape index (κ2) is 9.37. The van der Waals surface area contributed by atoms with Crippen LogP contribution in [0.1, 0.15) is 30.9 Å². The van der Waals surface area contributed by atoms with Gasteiger partial charge in [-0.05, 0) is 49.6 Å². The highest BCUT2D eigenvalue weighted by Crippen LogP contribution is 2.27. The fourth-order valence-corrected chi connectivity index (χ4v) is 5.34. The van der Waals surface area contributed by atoms with Crippen molar-refractivity contribution in [3.8, 4) is 6.07 Å². The molecule has 2 aromatic carbocycles. The summed E-state index contributed by atoms with van der Waals surface area (Å²) in [5, 5.41) is 9.21. The maximum atomic E-state index is 13.4. The van der Waals surface area contributed by atoms with Crippen LogP contribution < -0.4 is 0 Å². The van der Waals surface area contributed by atoms with Gasteiger partial charge in [0.1, 0.15) is 11.9 Å². The highest BCUT2D eigenvalue weighted by Gasteiger charge is 2.34. The van der Waals surface area contributed by atoms with E-state index >= 15 is 0 Å². The van der Waals surface area contributed by atoms with E-state index in [-0.39, 0.29) is 41.2 Å². The lowest BCUT2D eigenvalue weighted by molar-refractivity contribution is -0.137. The van der Waals surface area contributed by atoms with E-state index < -0.39 is 10.0 Å². The monoisotopic (exact) mass is 429 g/mol. The van der Waals surface area contributed by atoms with Crippen LogP contribution >= 0.6 is 0 Å². The molecule has 0 unspecified atom stereocenters. The average molecular weight is 430 g/mol. The van der Waals surface area contributed by atoms with E-state index in [1.807, 2.05) is 13.0 Å². The molecule has 2 aromatic rings. The summed E-state index contributed by atoms with van der Waals surface area (Å²) < 4.78 is 40.7. The predicted molar refractivity (Wildman–Crippen MR) is 110 cm³/mol. The second-order valence-electron chi connectivity index (χ2n) is 7.27. The van der Waals surface area contributed by atoms with Gasteiger partial charge in [-0.2, -0.15) is 9.57 Å². The highest BCUT2D eigenvalue weighted by atomic mass is 32.2. The molecular formula is C22H24FN3O3S. The van der Waals surface area contributed by atoms with Gasteiger partial charge in [0.25, 0.3) is 0 Å². The second-order valence-corrected chi connectivity index (χ2v) is 9.18. The summed E-state index contributed by atoms with van der Waals surface area (Å²) in [7, 11) is -3.79. The molecule has 0 aliphatic carbocycles. The number of rotatable bonds is 6. The summed E-state index contributed by atoms with van der Waals surface area (Å²) in [4.78, 5) is 14.6. The maximum absolute atomic E-state index is 13.4. The topological polar surface area (TPSA) is 81.5 Å². The van der Waals surface area contributed by atoms with Crippen molar-refractivity contribution in [2.45, 2.75) is 31.2 Å². The summed E-state index contributed by atoms with van der Waals surface area (Å²) in [6.45, 7) is 3.12. The summed E-state index contributed by atoms with van der Waals surface area (Å²) >= 11 is 0. The molecule has 0 bridgehead atoms. The Morgan fingerprint density at radius 1 is 1.20 bits per heavy atom. The summed E-state index contributed by atoms with van der Waals surface area (Å²) in [6, 6.07) is 14.2. The van der Waals surface area contributed by atoms with Gasteiger partial charge in [-0.15, -0.1) is 0 Å². The van der Waals surface area contributed by atoms with Gasteiger partial charge in [0, 0.05) is 32.1 Å². The Morgan fingerprint density at radius 2 is 1.90 bits per heavy atom. The SMILES string of the molecule is CCN(Cc1cccc(F)c1)C(=O)C1CCN(S(=O)(=O)c2ccccc2C#N)CC1. The Bertz CT molecular complexity index is 1060. The van der Waals surface area contributed by atoms with Gasteiger partial charge in [-0.3, -0.25) is 4.79 Å². The van der Waals surface area contributed by atoms with Gasteiger partial charge in [-0.25, -0.2) is 12.8 Å². The van der Waals surface area contributed by atoms with E-state index in [2.05, 4.69) is 0 Å². The Hall–Kier alpha value is -2.76. The van der Waals surface area contributed by atoms with Crippen molar-refractivity contribution in [2.24, 2.45) is 5.92 Å². The number of carbonyl (C=O) groups is 1. The number of amides is 1. The van der Waals surface area contributed by atoms with Crippen LogP contribution in [0.2, 0.25) is 0 Å². The molecule has 1 heterocycles. The van der Waals surface area contributed by atoms with Crippen molar-refractivity contribution in [3.63, 3.8) is 0 Å². The average Bonchev–Trinajstić information content (AvgIpc) is 2.77. The minimum atomic E-state index is -3.79. The third kappa shape index (κ3) is 4.69. The highest BCUT2D eigenvalue weighted by molar-refractivity contribution is 7.89. The maximum Gasteiger partial charge on any atom is 0.244 e. The van der Waals surface area contributed by atoms with Crippen LogP contribution in [-0.4, -0.2) is 43.2 Å². The first-order valence-electron chi connectivity index (χ1n) is 9.89. The molecule has 0 aromatic heterocycles. The Labute approximate surface area is 176 Å². The number of piperidine rings is 1. The van der Waals surface area contributed by atoms with Gasteiger partial charge >= 0.3 is 0 Å². The molecule has 30 heavy (non-hydrogen) atoms. The van der Waals surface area contributed by atoms with Crippen LogP contribution in [0.25, 0.3) is 0 Å². The summed E-state index contributed by atoms with van der Waals surface area (Å²) in [5.74, 6) is -0.667. The van der Waals surface area contributed by atoms with E-state index in [1.165, 1.54) is 28.6 Å². The summed E-state index contributed by atoms with van der Waals surface area (Å²) in [6.07, 6.45) is 0.818. The molecule has 1 fully saturated rings. The van der Waals surface area contributed by atoms with Crippen molar-refractivity contribution in [2.75, 3.05) is 19.6 Å². The van der Waals surface area contributed by atoms with Gasteiger partial charge in [0.05, 0.1) is 10.5 Å². The third-order valence-electron chi connectivity index (χ3n) is 5.38. The molecule has 0 N–H and O–H groups in total. The van der Waals surface area contributed by atoms with Gasteiger partial charge in [0.15, 0.2) is 0 Å². The van der Waals surface area contributed by atoms with E-state index in [9.17, 15) is 22.9 Å². The van der Waals surface area contributed by atoms with Crippen molar-refractivity contribution in [1.82, 2.24) is 9.21 Å². The van der Waals surface area contributed by atoms with Gasteiger partial charge in [0.2, 0.25) is 15.9 Å². The molecular weight excluding hydrogens is 405 g/mol. The van der Waals surface area contributed by atoms with E-state index in [0.717, 1.165) is 5.56 Å². The fraction of sp³-hybridized carbons (Fsp3) is 0.364. The van der Waals surface area contributed by atoms with Crippen LogP contribution in [0.4, 0.5) is 4.39 Å². The van der Waals surface area contributed by atoms with E-state index in [0.29, 0.717) is 25.9 Å². The number of halogens is 1. The zero-order valence-corrected chi connectivity index (χ0v) is 17.6. The fourth-order valence-electron chi connectivity index (χ4n) is 3.73. The molecule has 158 valence electrons. The molecule has 0 radical (unpaired) electrons. The van der Waals surface area contributed by atoms with Crippen molar-refractivity contribution in [3.05, 3.63) is 65.5 Å². The first-order valence-corrected chi connectivity index (χ1v) is 11.3. The molecule has 0 spiro atoms. The molecule has 0 saturated carbocycles.